The summed E-state index contributed by atoms with van der Waals surface area (Å²) in [7, 11) is -4.68. The molecular formula is C11H13O4P-2. The van der Waals surface area contributed by atoms with Crippen LogP contribution in [0.4, 0.5) is 0 Å². The highest BCUT2D eigenvalue weighted by atomic mass is 31.2. The van der Waals surface area contributed by atoms with E-state index in [-0.39, 0.29) is 6.42 Å². The van der Waals surface area contributed by atoms with Gasteiger partial charge in [-0.2, -0.15) is 0 Å². The molecule has 0 unspecified atom stereocenters. The van der Waals surface area contributed by atoms with Gasteiger partial charge in [-0.05, 0) is 18.4 Å². The van der Waals surface area contributed by atoms with Crippen molar-refractivity contribution >= 4 is 13.4 Å². The number of hydrogen-bond donors (Lipinski definition) is 0. The largest absolute Gasteiger partial charge is 0.810 e. The van der Waals surface area contributed by atoms with Crippen LogP contribution in [-0.4, -0.2) is 11.9 Å². The van der Waals surface area contributed by atoms with E-state index >= 15 is 0 Å². The molecule has 16 heavy (non-hydrogen) atoms. The molecule has 1 aromatic rings. The zero-order valence-electron chi connectivity index (χ0n) is 8.80. The van der Waals surface area contributed by atoms with E-state index in [1.165, 1.54) is 0 Å². The summed E-state index contributed by atoms with van der Waals surface area (Å²) in [5.74, 6) is -0.496. The monoisotopic (exact) mass is 240 g/mol. The summed E-state index contributed by atoms with van der Waals surface area (Å²) in [6.45, 7) is 0. The first kappa shape index (κ1) is 13.1. The molecule has 0 bridgehead atoms. The van der Waals surface area contributed by atoms with E-state index in [1.807, 2.05) is 30.3 Å². The Bertz CT molecular complexity index is 382. The standard InChI is InChI=1S/C11H15O4P/c12-11(9-16(13,14)15)8-4-7-10-5-2-1-3-6-10/h1-3,5-6H,4,7-9H2,(H2,13,14,15)/p-2. The Kier molecular flexibility index (Phi) is 4.87. The lowest BCUT2D eigenvalue weighted by atomic mass is 10.1. The molecule has 0 heterocycles. The molecule has 0 radical (unpaired) electrons. The molecule has 0 saturated heterocycles. The summed E-state index contributed by atoms with van der Waals surface area (Å²) < 4.78 is 10.3. The van der Waals surface area contributed by atoms with Crippen molar-refractivity contribution in [2.75, 3.05) is 6.16 Å². The van der Waals surface area contributed by atoms with E-state index in [0.29, 0.717) is 12.8 Å². The molecule has 0 fully saturated rings. The molecule has 5 heteroatoms. The Morgan fingerprint density at radius 3 is 2.38 bits per heavy atom. The summed E-state index contributed by atoms with van der Waals surface area (Å²) in [6.07, 6.45) is 0.572. The van der Waals surface area contributed by atoms with Crippen LogP contribution in [0.3, 0.4) is 0 Å². The zero-order valence-corrected chi connectivity index (χ0v) is 9.69. The summed E-state index contributed by atoms with van der Waals surface area (Å²) in [4.78, 5) is 31.7. The molecule has 4 nitrogen and oxygen atoms in total. The van der Waals surface area contributed by atoms with Crippen molar-refractivity contribution in [1.82, 2.24) is 0 Å². The van der Waals surface area contributed by atoms with Crippen LogP contribution < -0.4 is 9.79 Å². The summed E-state index contributed by atoms with van der Waals surface area (Å²) >= 11 is 0. The first-order chi connectivity index (χ1) is 7.47. The third-order valence-electron chi connectivity index (χ3n) is 2.13. The average Bonchev–Trinajstić information content (AvgIpc) is 2.16. The van der Waals surface area contributed by atoms with Crippen LogP contribution in [0.15, 0.2) is 30.3 Å². The maximum atomic E-state index is 11.1. The Morgan fingerprint density at radius 1 is 1.19 bits per heavy atom. The van der Waals surface area contributed by atoms with Gasteiger partial charge in [-0.3, -0.25) is 4.79 Å². The second-order valence-corrected chi connectivity index (χ2v) is 5.18. The molecule has 0 N–H and O–H groups in total. The topological polar surface area (TPSA) is 80.3 Å². The van der Waals surface area contributed by atoms with Crippen LogP contribution in [0.25, 0.3) is 0 Å². The fourth-order valence-corrected chi connectivity index (χ4v) is 2.02. The Morgan fingerprint density at radius 2 is 1.81 bits per heavy atom. The molecule has 0 amide bonds. The van der Waals surface area contributed by atoms with Gasteiger partial charge in [0.2, 0.25) is 0 Å². The number of carbonyl (C=O) groups excluding carboxylic acids is 1. The first-order valence-electron chi connectivity index (χ1n) is 5.04. The van der Waals surface area contributed by atoms with Crippen molar-refractivity contribution in [1.29, 1.82) is 0 Å². The number of ketones is 1. The number of carbonyl (C=O) groups is 1. The molecule has 0 atom stereocenters. The first-order valence-corrected chi connectivity index (χ1v) is 6.77. The molecule has 88 valence electrons. The molecule has 0 saturated carbocycles. The van der Waals surface area contributed by atoms with Crippen molar-refractivity contribution in [3.63, 3.8) is 0 Å². The van der Waals surface area contributed by atoms with Gasteiger partial charge in [-0.25, -0.2) is 0 Å². The zero-order chi connectivity index (χ0) is 12.0. The average molecular weight is 240 g/mol. The van der Waals surface area contributed by atoms with E-state index in [2.05, 4.69) is 0 Å². The van der Waals surface area contributed by atoms with Gasteiger partial charge < -0.3 is 14.4 Å². The van der Waals surface area contributed by atoms with Crippen molar-refractivity contribution < 1.29 is 19.1 Å². The van der Waals surface area contributed by atoms with Crippen LogP contribution in [0.1, 0.15) is 18.4 Å². The van der Waals surface area contributed by atoms with Crippen LogP contribution >= 0.6 is 7.60 Å². The molecule has 0 aromatic heterocycles. The maximum absolute atomic E-state index is 11.1. The van der Waals surface area contributed by atoms with E-state index in [1.54, 1.807) is 0 Å². The lowest BCUT2D eigenvalue weighted by molar-refractivity contribution is -0.312. The number of aryl methyl sites for hydroxylation is 1. The second-order valence-electron chi connectivity index (χ2n) is 3.65. The normalized spacial score (nSPS) is 11.4. The van der Waals surface area contributed by atoms with Gasteiger partial charge in [0.15, 0.2) is 0 Å². The summed E-state index contributed by atoms with van der Waals surface area (Å²) in [5, 5.41) is 0. The number of hydrogen-bond acceptors (Lipinski definition) is 4. The third kappa shape index (κ3) is 5.81. The predicted octanol–water partition coefficient (Wildman–Crippen LogP) is 0.492. The number of rotatable bonds is 6. The van der Waals surface area contributed by atoms with Crippen molar-refractivity contribution in [2.24, 2.45) is 0 Å². The minimum absolute atomic E-state index is 0.142. The van der Waals surface area contributed by atoms with Gasteiger partial charge >= 0.3 is 0 Å². The van der Waals surface area contributed by atoms with E-state index < -0.39 is 19.5 Å². The molecule has 1 rings (SSSR count). The fraction of sp³-hybridized carbons (Fsp3) is 0.364. The van der Waals surface area contributed by atoms with Gasteiger partial charge in [0.1, 0.15) is 5.78 Å². The van der Waals surface area contributed by atoms with E-state index in [4.69, 9.17) is 0 Å². The predicted molar refractivity (Wildman–Crippen MR) is 56.9 cm³/mol. The number of Topliss-reactive ketones (excluding diaryl/α,β-unsaturated/α-hetero) is 1. The molecule has 0 aliphatic heterocycles. The smallest absolute Gasteiger partial charge is 0.137 e. The highest BCUT2D eigenvalue weighted by Gasteiger charge is 2.04. The third-order valence-corrected chi connectivity index (χ3v) is 2.87. The highest BCUT2D eigenvalue weighted by molar-refractivity contribution is 7.49. The lowest BCUT2D eigenvalue weighted by Gasteiger charge is -2.28. The Hall–Kier alpha value is -0.960. The van der Waals surface area contributed by atoms with Gasteiger partial charge in [0, 0.05) is 12.6 Å². The maximum Gasteiger partial charge on any atom is 0.137 e. The summed E-state index contributed by atoms with van der Waals surface area (Å²) in [5.41, 5.74) is 1.10. The fourth-order valence-electron chi connectivity index (χ4n) is 1.43. The van der Waals surface area contributed by atoms with Gasteiger partial charge in [-0.15, -0.1) is 0 Å². The van der Waals surface area contributed by atoms with Crippen molar-refractivity contribution in [3.05, 3.63) is 35.9 Å². The van der Waals surface area contributed by atoms with Gasteiger partial charge in [0.05, 0.1) is 0 Å². The van der Waals surface area contributed by atoms with Crippen LogP contribution in [0.2, 0.25) is 0 Å². The van der Waals surface area contributed by atoms with Gasteiger partial charge in [0.25, 0.3) is 0 Å². The molecule has 0 aliphatic rings. The van der Waals surface area contributed by atoms with Crippen LogP contribution in [0, 0.1) is 0 Å². The molecule has 1 aromatic carbocycles. The Labute approximate surface area is 94.5 Å². The van der Waals surface area contributed by atoms with E-state index in [9.17, 15) is 19.1 Å². The lowest BCUT2D eigenvalue weighted by Crippen LogP contribution is -2.21. The molecular weight excluding hydrogens is 227 g/mol. The Balaban J connectivity index is 2.26. The second kappa shape index (κ2) is 5.94. The molecule has 0 spiro atoms. The van der Waals surface area contributed by atoms with Gasteiger partial charge in [-0.1, -0.05) is 37.9 Å². The number of benzene rings is 1. The quantitative estimate of drug-likeness (QED) is 0.678. The summed E-state index contributed by atoms with van der Waals surface area (Å²) in [6, 6.07) is 9.59. The van der Waals surface area contributed by atoms with Crippen molar-refractivity contribution in [3.8, 4) is 0 Å². The SMILES string of the molecule is O=C(CCCc1ccccc1)CP(=O)([O-])[O-]. The minimum Gasteiger partial charge on any atom is -0.810 e. The van der Waals surface area contributed by atoms with E-state index in [0.717, 1.165) is 5.56 Å². The van der Waals surface area contributed by atoms with Crippen LogP contribution in [0.5, 0.6) is 0 Å². The van der Waals surface area contributed by atoms with Crippen LogP contribution in [-0.2, 0) is 15.8 Å². The van der Waals surface area contributed by atoms with Crippen molar-refractivity contribution in [2.45, 2.75) is 19.3 Å². The highest BCUT2D eigenvalue weighted by Crippen LogP contribution is 2.23. The minimum atomic E-state index is -4.68. The molecule has 0 aliphatic carbocycles.